The lowest BCUT2D eigenvalue weighted by atomic mass is 9.91. The molecule has 2 rings (SSSR count). The molecular weight excluding hydrogens is 210 g/mol. The fourth-order valence-corrected chi connectivity index (χ4v) is 2.18. The van der Waals surface area contributed by atoms with Crippen LogP contribution in [0, 0.1) is 0 Å². The summed E-state index contributed by atoms with van der Waals surface area (Å²) < 4.78 is 0. The SMILES string of the molecule is C=C(CC)CC(=O)C1Cc2ccccc2CN1. The van der Waals surface area contributed by atoms with Gasteiger partial charge in [-0.2, -0.15) is 0 Å². The summed E-state index contributed by atoms with van der Waals surface area (Å²) in [6, 6.07) is 8.28. The van der Waals surface area contributed by atoms with Gasteiger partial charge in [0.05, 0.1) is 6.04 Å². The average molecular weight is 229 g/mol. The van der Waals surface area contributed by atoms with Gasteiger partial charge in [0.25, 0.3) is 0 Å². The molecule has 1 aliphatic heterocycles. The van der Waals surface area contributed by atoms with Gasteiger partial charge in [0.2, 0.25) is 0 Å². The second-order valence-electron chi connectivity index (χ2n) is 4.65. The maximum Gasteiger partial charge on any atom is 0.154 e. The van der Waals surface area contributed by atoms with Crippen molar-refractivity contribution in [2.45, 2.75) is 38.8 Å². The number of rotatable bonds is 4. The first-order valence-electron chi connectivity index (χ1n) is 6.20. The van der Waals surface area contributed by atoms with E-state index in [0.717, 1.165) is 25.0 Å². The molecule has 2 heteroatoms. The molecule has 1 heterocycles. The van der Waals surface area contributed by atoms with Gasteiger partial charge in [-0.05, 0) is 24.0 Å². The van der Waals surface area contributed by atoms with Crippen LogP contribution in [0.5, 0.6) is 0 Å². The van der Waals surface area contributed by atoms with Crippen molar-refractivity contribution < 1.29 is 4.79 Å². The zero-order chi connectivity index (χ0) is 12.3. The molecule has 1 atom stereocenters. The third-order valence-electron chi connectivity index (χ3n) is 3.39. The largest absolute Gasteiger partial charge is 0.303 e. The number of ketones is 1. The number of carbonyl (C=O) groups is 1. The van der Waals surface area contributed by atoms with E-state index in [1.165, 1.54) is 11.1 Å². The fraction of sp³-hybridized carbons (Fsp3) is 0.400. The number of nitrogens with one attached hydrogen (secondary N) is 1. The number of hydrogen-bond donors (Lipinski definition) is 1. The molecular formula is C15H19NO. The van der Waals surface area contributed by atoms with Crippen LogP contribution < -0.4 is 5.32 Å². The Kier molecular flexibility index (Phi) is 3.75. The van der Waals surface area contributed by atoms with Crippen molar-refractivity contribution in [3.8, 4) is 0 Å². The number of allylic oxidation sites excluding steroid dienone is 1. The van der Waals surface area contributed by atoms with E-state index in [1.807, 2.05) is 19.1 Å². The molecule has 1 aromatic rings. The van der Waals surface area contributed by atoms with Crippen LogP contribution in [0.2, 0.25) is 0 Å². The first kappa shape index (κ1) is 12.1. The van der Waals surface area contributed by atoms with Crippen molar-refractivity contribution in [3.63, 3.8) is 0 Å². The lowest BCUT2D eigenvalue weighted by molar-refractivity contribution is -0.120. The lowest BCUT2D eigenvalue weighted by Gasteiger charge is -2.25. The molecule has 0 spiro atoms. The molecule has 0 aromatic heterocycles. The van der Waals surface area contributed by atoms with Gasteiger partial charge in [0, 0.05) is 13.0 Å². The molecule has 2 nitrogen and oxygen atoms in total. The van der Waals surface area contributed by atoms with Crippen molar-refractivity contribution >= 4 is 5.78 Å². The van der Waals surface area contributed by atoms with Crippen LogP contribution in [0.4, 0.5) is 0 Å². The highest BCUT2D eigenvalue weighted by atomic mass is 16.1. The predicted molar refractivity (Wildman–Crippen MR) is 69.8 cm³/mol. The Labute approximate surface area is 103 Å². The van der Waals surface area contributed by atoms with E-state index >= 15 is 0 Å². The number of Topliss-reactive ketones (excluding diaryl/α,β-unsaturated/α-hetero) is 1. The summed E-state index contributed by atoms with van der Waals surface area (Å²) in [5.41, 5.74) is 3.63. The Bertz CT molecular complexity index is 436. The number of carbonyl (C=O) groups excluding carboxylic acids is 1. The van der Waals surface area contributed by atoms with Gasteiger partial charge < -0.3 is 5.32 Å². The zero-order valence-electron chi connectivity index (χ0n) is 10.3. The van der Waals surface area contributed by atoms with Crippen LogP contribution in [0.15, 0.2) is 36.4 Å². The molecule has 0 saturated carbocycles. The highest BCUT2D eigenvalue weighted by Gasteiger charge is 2.23. The maximum absolute atomic E-state index is 12.1. The van der Waals surface area contributed by atoms with Gasteiger partial charge in [-0.15, -0.1) is 0 Å². The summed E-state index contributed by atoms with van der Waals surface area (Å²) in [6.45, 7) is 6.74. The minimum absolute atomic E-state index is 0.0341. The standard InChI is InChI=1S/C15H19NO/c1-3-11(2)8-15(17)14-9-12-6-4-5-7-13(12)10-16-14/h4-7,14,16H,2-3,8-10H2,1H3. The summed E-state index contributed by atoms with van der Waals surface area (Å²) >= 11 is 0. The molecule has 1 unspecified atom stereocenters. The van der Waals surface area contributed by atoms with Gasteiger partial charge in [-0.25, -0.2) is 0 Å². The minimum Gasteiger partial charge on any atom is -0.303 e. The summed E-state index contributed by atoms with van der Waals surface area (Å²) in [5.74, 6) is 0.270. The topological polar surface area (TPSA) is 29.1 Å². The molecule has 0 fully saturated rings. The Balaban J connectivity index is 2.02. The molecule has 0 radical (unpaired) electrons. The molecule has 90 valence electrons. The first-order chi connectivity index (χ1) is 8.20. The van der Waals surface area contributed by atoms with Crippen LogP contribution in [0.25, 0.3) is 0 Å². The third-order valence-corrected chi connectivity index (χ3v) is 3.39. The number of fused-ring (bicyclic) bond motifs is 1. The van der Waals surface area contributed by atoms with Gasteiger partial charge in [-0.1, -0.05) is 43.3 Å². The minimum atomic E-state index is -0.0341. The Morgan fingerprint density at radius 2 is 2.12 bits per heavy atom. The third kappa shape index (κ3) is 2.83. The molecule has 17 heavy (non-hydrogen) atoms. The number of benzene rings is 1. The number of hydrogen-bond acceptors (Lipinski definition) is 2. The smallest absolute Gasteiger partial charge is 0.154 e. The highest BCUT2D eigenvalue weighted by molar-refractivity contribution is 5.86. The van der Waals surface area contributed by atoms with Crippen LogP contribution in [0.1, 0.15) is 30.9 Å². The van der Waals surface area contributed by atoms with Gasteiger partial charge >= 0.3 is 0 Å². The lowest BCUT2D eigenvalue weighted by Crippen LogP contribution is -2.41. The van der Waals surface area contributed by atoms with Crippen molar-refractivity contribution in [1.82, 2.24) is 5.32 Å². The summed E-state index contributed by atoms with van der Waals surface area (Å²) in [7, 11) is 0. The van der Waals surface area contributed by atoms with Crippen LogP contribution >= 0.6 is 0 Å². The predicted octanol–water partition coefficient (Wildman–Crippen LogP) is 2.63. The molecule has 1 aromatic carbocycles. The zero-order valence-corrected chi connectivity index (χ0v) is 10.3. The quantitative estimate of drug-likeness (QED) is 0.804. The highest BCUT2D eigenvalue weighted by Crippen LogP contribution is 2.18. The fourth-order valence-electron chi connectivity index (χ4n) is 2.18. The van der Waals surface area contributed by atoms with Crippen molar-refractivity contribution in [2.24, 2.45) is 0 Å². The second-order valence-corrected chi connectivity index (χ2v) is 4.65. The van der Waals surface area contributed by atoms with E-state index in [2.05, 4.69) is 24.0 Å². The van der Waals surface area contributed by atoms with Gasteiger partial charge in [-0.3, -0.25) is 4.79 Å². The Hall–Kier alpha value is -1.41. The average Bonchev–Trinajstić information content (AvgIpc) is 2.38. The molecule has 1 N–H and O–H groups in total. The van der Waals surface area contributed by atoms with E-state index in [0.29, 0.717) is 6.42 Å². The van der Waals surface area contributed by atoms with E-state index < -0.39 is 0 Å². The van der Waals surface area contributed by atoms with Gasteiger partial charge in [0.15, 0.2) is 5.78 Å². The monoisotopic (exact) mass is 229 g/mol. The van der Waals surface area contributed by atoms with Crippen LogP contribution in [-0.4, -0.2) is 11.8 Å². The van der Waals surface area contributed by atoms with Crippen molar-refractivity contribution in [1.29, 1.82) is 0 Å². The van der Waals surface area contributed by atoms with E-state index in [9.17, 15) is 4.79 Å². The van der Waals surface area contributed by atoms with Gasteiger partial charge in [0.1, 0.15) is 0 Å². The molecule has 0 saturated heterocycles. The molecule has 0 bridgehead atoms. The first-order valence-corrected chi connectivity index (χ1v) is 6.20. The maximum atomic E-state index is 12.1. The molecule has 0 amide bonds. The summed E-state index contributed by atoms with van der Waals surface area (Å²) in [5, 5.41) is 3.31. The Morgan fingerprint density at radius 1 is 1.41 bits per heavy atom. The van der Waals surface area contributed by atoms with E-state index in [1.54, 1.807) is 0 Å². The van der Waals surface area contributed by atoms with Crippen LogP contribution in [-0.2, 0) is 17.8 Å². The normalized spacial score (nSPS) is 18.5. The molecule has 0 aliphatic carbocycles. The van der Waals surface area contributed by atoms with Crippen molar-refractivity contribution in [2.75, 3.05) is 0 Å². The van der Waals surface area contributed by atoms with Crippen molar-refractivity contribution in [3.05, 3.63) is 47.5 Å². The molecule has 1 aliphatic rings. The summed E-state index contributed by atoms with van der Waals surface area (Å²) in [4.78, 5) is 12.1. The van der Waals surface area contributed by atoms with E-state index in [4.69, 9.17) is 0 Å². The Morgan fingerprint density at radius 3 is 2.82 bits per heavy atom. The van der Waals surface area contributed by atoms with E-state index in [-0.39, 0.29) is 11.8 Å². The second kappa shape index (κ2) is 5.28. The summed E-state index contributed by atoms with van der Waals surface area (Å²) in [6.07, 6.45) is 2.21. The van der Waals surface area contributed by atoms with Crippen LogP contribution in [0.3, 0.4) is 0 Å².